The first-order valence-corrected chi connectivity index (χ1v) is 3.68. The second-order valence-corrected chi connectivity index (χ2v) is 2.13. The quantitative estimate of drug-likeness (QED) is 0.436. The molecule has 66 valence electrons. The summed E-state index contributed by atoms with van der Waals surface area (Å²) in [4.78, 5) is 9.81. The number of hydrogen-bond donors (Lipinski definition) is 0. The second-order valence-electron chi connectivity index (χ2n) is 2.13. The Morgan fingerprint density at radius 2 is 2.50 bits per heavy atom. The van der Waals surface area contributed by atoms with Gasteiger partial charge in [-0.3, -0.25) is 4.79 Å². The maximum absolute atomic E-state index is 9.81. The minimum atomic E-state index is 0.323. The molecule has 12 heavy (non-hydrogen) atoms. The van der Waals surface area contributed by atoms with E-state index in [0.717, 1.165) is 12.4 Å². The van der Waals surface area contributed by atoms with Crippen molar-refractivity contribution < 1.29 is 9.53 Å². The van der Waals surface area contributed by atoms with E-state index in [4.69, 9.17) is 0 Å². The van der Waals surface area contributed by atoms with Crippen LogP contribution in [0.3, 0.4) is 0 Å². The van der Waals surface area contributed by atoms with Crippen molar-refractivity contribution in [3.8, 4) is 0 Å². The van der Waals surface area contributed by atoms with Gasteiger partial charge in [-0.15, -0.1) is 5.10 Å². The van der Waals surface area contributed by atoms with Crippen LogP contribution in [0.2, 0.25) is 0 Å². The standard InChI is InChI=1S/C6H10N4O2/c1-2-10-6(7-8-9-10)3-4-12-5-11/h5H,2-4H2,1H3. The van der Waals surface area contributed by atoms with Crippen LogP contribution < -0.4 is 0 Å². The van der Waals surface area contributed by atoms with Crippen LogP contribution in [0.25, 0.3) is 0 Å². The largest absolute Gasteiger partial charge is 0.467 e. The maximum atomic E-state index is 9.81. The molecule has 1 aromatic rings. The van der Waals surface area contributed by atoms with Gasteiger partial charge in [0.2, 0.25) is 0 Å². The molecule has 0 aliphatic rings. The topological polar surface area (TPSA) is 69.9 Å². The van der Waals surface area contributed by atoms with Crippen LogP contribution in [-0.2, 0) is 22.5 Å². The summed E-state index contributed by atoms with van der Waals surface area (Å²) in [6, 6.07) is 0. The highest BCUT2D eigenvalue weighted by atomic mass is 16.5. The Balaban J connectivity index is 2.44. The van der Waals surface area contributed by atoms with Crippen LogP contribution >= 0.6 is 0 Å². The number of aromatic nitrogens is 4. The van der Waals surface area contributed by atoms with Crippen LogP contribution in [0.5, 0.6) is 0 Å². The minimum Gasteiger partial charge on any atom is -0.467 e. The third kappa shape index (κ3) is 2.01. The summed E-state index contributed by atoms with van der Waals surface area (Å²) in [7, 11) is 0. The molecule has 0 aromatic carbocycles. The predicted molar refractivity (Wildman–Crippen MR) is 39.2 cm³/mol. The lowest BCUT2D eigenvalue weighted by atomic mass is 10.4. The van der Waals surface area contributed by atoms with Gasteiger partial charge in [0.25, 0.3) is 6.47 Å². The monoisotopic (exact) mass is 170 g/mol. The van der Waals surface area contributed by atoms with Gasteiger partial charge in [-0.2, -0.15) is 0 Å². The molecule has 0 unspecified atom stereocenters. The average molecular weight is 170 g/mol. The SMILES string of the molecule is CCn1nnnc1CCOC=O. The summed E-state index contributed by atoms with van der Waals surface area (Å²) in [5, 5.41) is 11.0. The Morgan fingerprint density at radius 1 is 1.67 bits per heavy atom. The number of carbonyl (C=O) groups is 1. The molecular formula is C6H10N4O2. The van der Waals surface area contributed by atoms with Crippen LogP contribution in [-0.4, -0.2) is 33.3 Å². The molecule has 0 spiro atoms. The lowest BCUT2D eigenvalue weighted by Gasteiger charge is -1.98. The molecule has 0 saturated carbocycles. The van der Waals surface area contributed by atoms with Crippen molar-refractivity contribution in [2.75, 3.05) is 6.61 Å². The zero-order chi connectivity index (χ0) is 8.81. The molecule has 0 aliphatic heterocycles. The summed E-state index contributed by atoms with van der Waals surface area (Å²) >= 11 is 0. The summed E-state index contributed by atoms with van der Waals surface area (Å²) in [6.07, 6.45) is 0.555. The second kappa shape index (κ2) is 4.42. The Bertz CT molecular complexity index is 247. The normalized spacial score (nSPS) is 9.75. The zero-order valence-electron chi connectivity index (χ0n) is 6.80. The fourth-order valence-corrected chi connectivity index (χ4v) is 0.846. The number of hydrogen-bond acceptors (Lipinski definition) is 5. The van der Waals surface area contributed by atoms with Gasteiger partial charge in [0.15, 0.2) is 5.82 Å². The van der Waals surface area contributed by atoms with E-state index in [1.807, 2.05) is 6.92 Å². The molecule has 0 amide bonds. The van der Waals surface area contributed by atoms with Crippen LogP contribution in [0.15, 0.2) is 0 Å². The molecule has 0 aliphatic carbocycles. The van der Waals surface area contributed by atoms with Crippen molar-refractivity contribution in [3.05, 3.63) is 5.82 Å². The summed E-state index contributed by atoms with van der Waals surface area (Å²) in [5.41, 5.74) is 0. The highest BCUT2D eigenvalue weighted by Gasteiger charge is 2.02. The third-order valence-corrected chi connectivity index (χ3v) is 1.42. The average Bonchev–Trinajstić information content (AvgIpc) is 2.52. The van der Waals surface area contributed by atoms with Gasteiger partial charge >= 0.3 is 0 Å². The predicted octanol–water partition coefficient (Wildman–Crippen LogP) is -0.592. The molecule has 0 fully saturated rings. The van der Waals surface area contributed by atoms with Gasteiger partial charge in [0, 0.05) is 13.0 Å². The first-order valence-electron chi connectivity index (χ1n) is 3.68. The lowest BCUT2D eigenvalue weighted by molar-refractivity contribution is -0.128. The zero-order valence-corrected chi connectivity index (χ0v) is 6.80. The van der Waals surface area contributed by atoms with Crippen molar-refractivity contribution in [2.24, 2.45) is 0 Å². The lowest BCUT2D eigenvalue weighted by Crippen LogP contribution is -2.07. The number of aryl methyl sites for hydroxylation is 1. The first kappa shape index (κ1) is 8.63. The number of tetrazole rings is 1. The Labute approximate surface area is 69.5 Å². The molecule has 1 rings (SSSR count). The van der Waals surface area contributed by atoms with Crippen LogP contribution in [0, 0.1) is 0 Å². The van der Waals surface area contributed by atoms with E-state index in [2.05, 4.69) is 20.3 Å². The van der Waals surface area contributed by atoms with Crippen molar-refractivity contribution in [3.63, 3.8) is 0 Å². The van der Waals surface area contributed by atoms with Gasteiger partial charge < -0.3 is 4.74 Å². The summed E-state index contributed by atoms with van der Waals surface area (Å²) in [5.74, 6) is 0.736. The molecule has 0 atom stereocenters. The molecule has 0 radical (unpaired) electrons. The molecule has 0 bridgehead atoms. The summed E-state index contributed by atoms with van der Waals surface area (Å²) < 4.78 is 6.18. The molecule has 0 N–H and O–H groups in total. The molecule has 1 aromatic heterocycles. The van der Waals surface area contributed by atoms with Crippen LogP contribution in [0.4, 0.5) is 0 Å². The third-order valence-electron chi connectivity index (χ3n) is 1.42. The van der Waals surface area contributed by atoms with Gasteiger partial charge in [-0.1, -0.05) is 0 Å². The van der Waals surface area contributed by atoms with Crippen molar-refractivity contribution in [2.45, 2.75) is 19.9 Å². The molecule has 1 heterocycles. The van der Waals surface area contributed by atoms with E-state index in [1.165, 1.54) is 0 Å². The molecule has 0 saturated heterocycles. The maximum Gasteiger partial charge on any atom is 0.293 e. The van der Waals surface area contributed by atoms with Crippen molar-refractivity contribution in [1.82, 2.24) is 20.2 Å². The van der Waals surface area contributed by atoms with E-state index < -0.39 is 0 Å². The van der Waals surface area contributed by atoms with E-state index in [0.29, 0.717) is 19.5 Å². The van der Waals surface area contributed by atoms with E-state index in [9.17, 15) is 4.79 Å². The molecular weight excluding hydrogens is 160 g/mol. The van der Waals surface area contributed by atoms with Gasteiger partial charge in [0.1, 0.15) is 0 Å². The summed E-state index contributed by atoms with van der Waals surface area (Å²) in [6.45, 7) is 3.41. The van der Waals surface area contributed by atoms with E-state index >= 15 is 0 Å². The van der Waals surface area contributed by atoms with Gasteiger partial charge in [-0.05, 0) is 17.4 Å². The number of carbonyl (C=O) groups excluding carboxylic acids is 1. The first-order chi connectivity index (χ1) is 5.88. The highest BCUT2D eigenvalue weighted by Crippen LogP contribution is 1.92. The van der Waals surface area contributed by atoms with Gasteiger partial charge in [-0.25, -0.2) is 4.68 Å². The van der Waals surface area contributed by atoms with Crippen molar-refractivity contribution >= 4 is 6.47 Å². The van der Waals surface area contributed by atoms with Crippen molar-refractivity contribution in [1.29, 1.82) is 0 Å². The Morgan fingerprint density at radius 3 is 3.17 bits per heavy atom. The van der Waals surface area contributed by atoms with Gasteiger partial charge in [0.05, 0.1) is 6.61 Å². The fourth-order valence-electron chi connectivity index (χ4n) is 0.846. The number of ether oxygens (including phenoxy) is 1. The highest BCUT2D eigenvalue weighted by molar-refractivity contribution is 5.36. The molecule has 6 nitrogen and oxygen atoms in total. The van der Waals surface area contributed by atoms with E-state index in [1.54, 1.807) is 4.68 Å². The van der Waals surface area contributed by atoms with E-state index in [-0.39, 0.29) is 0 Å². The Kier molecular flexibility index (Phi) is 3.18. The Hall–Kier alpha value is -1.46. The number of nitrogens with zero attached hydrogens (tertiary/aromatic N) is 4. The number of rotatable bonds is 5. The minimum absolute atomic E-state index is 0.323. The molecule has 6 heteroatoms. The fraction of sp³-hybridized carbons (Fsp3) is 0.667. The smallest absolute Gasteiger partial charge is 0.293 e. The van der Waals surface area contributed by atoms with Crippen LogP contribution in [0.1, 0.15) is 12.7 Å².